The molecule has 0 saturated heterocycles. The second-order valence-electron chi connectivity index (χ2n) is 8.73. The molecule has 0 spiro atoms. The standard InChI is InChI=1S/C30H27NO8/c1-36-27(33)23-24(28(34)37-2)30(29(35)38-3,31-25(23)20-10-6-4-7-11-20)18-19-14-16-22(17-15-19)39-26(32)21-12-8-5-9-13-21/h4-17,25,31H,18H2,1-3H3/t25-,30-/m0/s1. The van der Waals surface area contributed by atoms with Crippen LogP contribution in [0, 0.1) is 0 Å². The Morgan fingerprint density at radius 1 is 0.718 bits per heavy atom. The Kier molecular flexibility index (Phi) is 8.21. The molecule has 0 saturated carbocycles. The molecule has 0 aliphatic carbocycles. The smallest absolute Gasteiger partial charge is 0.343 e. The monoisotopic (exact) mass is 529 g/mol. The van der Waals surface area contributed by atoms with Gasteiger partial charge in [0.05, 0.1) is 44.1 Å². The van der Waals surface area contributed by atoms with Gasteiger partial charge in [0.15, 0.2) is 5.54 Å². The van der Waals surface area contributed by atoms with Crippen LogP contribution in [-0.2, 0) is 35.0 Å². The van der Waals surface area contributed by atoms with E-state index in [0.29, 0.717) is 22.4 Å². The number of hydrogen-bond donors (Lipinski definition) is 1. The molecule has 0 aromatic heterocycles. The summed E-state index contributed by atoms with van der Waals surface area (Å²) < 4.78 is 20.6. The summed E-state index contributed by atoms with van der Waals surface area (Å²) >= 11 is 0. The van der Waals surface area contributed by atoms with Crippen LogP contribution >= 0.6 is 0 Å². The number of benzene rings is 3. The molecule has 0 bridgehead atoms. The highest BCUT2D eigenvalue weighted by molar-refractivity contribution is 6.10. The molecule has 0 amide bonds. The topological polar surface area (TPSA) is 117 Å². The van der Waals surface area contributed by atoms with Gasteiger partial charge in [0.2, 0.25) is 0 Å². The van der Waals surface area contributed by atoms with Crippen molar-refractivity contribution in [2.45, 2.75) is 18.0 Å². The average molecular weight is 530 g/mol. The first-order valence-electron chi connectivity index (χ1n) is 12.0. The summed E-state index contributed by atoms with van der Waals surface area (Å²) in [6.45, 7) is 0. The lowest BCUT2D eigenvalue weighted by Gasteiger charge is -2.30. The van der Waals surface area contributed by atoms with Crippen molar-refractivity contribution in [3.63, 3.8) is 0 Å². The molecule has 39 heavy (non-hydrogen) atoms. The highest BCUT2D eigenvalue weighted by Gasteiger charge is 2.57. The molecule has 1 aliphatic rings. The fourth-order valence-corrected chi connectivity index (χ4v) is 4.65. The lowest BCUT2D eigenvalue weighted by molar-refractivity contribution is -0.149. The summed E-state index contributed by atoms with van der Waals surface area (Å²) in [5.41, 5.74) is -0.406. The predicted molar refractivity (Wildman–Crippen MR) is 140 cm³/mol. The Balaban J connectivity index is 1.74. The zero-order valence-corrected chi connectivity index (χ0v) is 21.6. The first-order valence-corrected chi connectivity index (χ1v) is 12.0. The molecular formula is C30H27NO8. The van der Waals surface area contributed by atoms with E-state index in [1.54, 1.807) is 84.9 Å². The van der Waals surface area contributed by atoms with Crippen molar-refractivity contribution >= 4 is 23.9 Å². The van der Waals surface area contributed by atoms with Crippen molar-refractivity contribution in [3.8, 4) is 5.75 Å². The molecule has 0 unspecified atom stereocenters. The van der Waals surface area contributed by atoms with E-state index >= 15 is 0 Å². The lowest BCUT2D eigenvalue weighted by Crippen LogP contribution is -2.54. The van der Waals surface area contributed by atoms with Crippen LogP contribution in [0.3, 0.4) is 0 Å². The molecule has 1 heterocycles. The minimum atomic E-state index is -1.78. The third kappa shape index (κ3) is 5.44. The Bertz CT molecular complexity index is 1400. The van der Waals surface area contributed by atoms with Gasteiger partial charge in [-0.1, -0.05) is 60.7 Å². The van der Waals surface area contributed by atoms with Crippen molar-refractivity contribution in [2.75, 3.05) is 21.3 Å². The van der Waals surface area contributed by atoms with E-state index in [2.05, 4.69) is 5.32 Å². The van der Waals surface area contributed by atoms with Crippen LogP contribution in [0.25, 0.3) is 0 Å². The van der Waals surface area contributed by atoms with Gasteiger partial charge >= 0.3 is 23.9 Å². The van der Waals surface area contributed by atoms with E-state index in [-0.39, 0.29) is 17.6 Å². The number of esters is 4. The Morgan fingerprint density at radius 3 is 1.87 bits per heavy atom. The Morgan fingerprint density at radius 2 is 1.31 bits per heavy atom. The summed E-state index contributed by atoms with van der Waals surface area (Å²) in [6, 6.07) is 23.0. The van der Waals surface area contributed by atoms with Crippen LogP contribution in [-0.4, -0.2) is 50.7 Å². The van der Waals surface area contributed by atoms with E-state index < -0.39 is 35.5 Å². The number of ether oxygens (including phenoxy) is 4. The number of hydrogen-bond acceptors (Lipinski definition) is 9. The molecule has 9 nitrogen and oxygen atoms in total. The fourth-order valence-electron chi connectivity index (χ4n) is 4.65. The van der Waals surface area contributed by atoms with Gasteiger partial charge in [-0.05, 0) is 35.4 Å². The van der Waals surface area contributed by atoms with Crippen LogP contribution in [0.15, 0.2) is 96.1 Å². The molecule has 9 heteroatoms. The van der Waals surface area contributed by atoms with Crippen molar-refractivity contribution in [1.82, 2.24) is 5.32 Å². The van der Waals surface area contributed by atoms with Gasteiger partial charge < -0.3 is 18.9 Å². The third-order valence-electron chi connectivity index (χ3n) is 6.45. The van der Waals surface area contributed by atoms with Crippen molar-refractivity contribution < 1.29 is 38.1 Å². The van der Waals surface area contributed by atoms with Crippen molar-refractivity contribution in [2.24, 2.45) is 0 Å². The molecule has 0 radical (unpaired) electrons. The van der Waals surface area contributed by atoms with E-state index in [9.17, 15) is 19.2 Å². The van der Waals surface area contributed by atoms with E-state index in [0.717, 1.165) is 7.11 Å². The van der Waals surface area contributed by atoms with Gasteiger partial charge in [0, 0.05) is 6.42 Å². The maximum Gasteiger partial charge on any atom is 0.343 e. The number of nitrogens with one attached hydrogen (secondary N) is 1. The quantitative estimate of drug-likeness (QED) is 0.266. The van der Waals surface area contributed by atoms with Crippen LogP contribution < -0.4 is 10.1 Å². The van der Waals surface area contributed by atoms with Crippen LogP contribution in [0.4, 0.5) is 0 Å². The van der Waals surface area contributed by atoms with E-state index in [4.69, 9.17) is 18.9 Å². The van der Waals surface area contributed by atoms with Crippen molar-refractivity contribution in [3.05, 3.63) is 113 Å². The number of carbonyl (C=O) groups excluding carboxylic acids is 4. The molecule has 0 fully saturated rings. The molecule has 2 atom stereocenters. The van der Waals surface area contributed by atoms with Crippen LogP contribution in [0.5, 0.6) is 5.75 Å². The van der Waals surface area contributed by atoms with Crippen molar-refractivity contribution in [1.29, 1.82) is 0 Å². The minimum absolute atomic E-state index is 0.0469. The third-order valence-corrected chi connectivity index (χ3v) is 6.45. The summed E-state index contributed by atoms with van der Waals surface area (Å²) in [6.07, 6.45) is -0.0825. The lowest BCUT2D eigenvalue weighted by atomic mass is 9.83. The average Bonchev–Trinajstić information content (AvgIpc) is 3.33. The highest BCUT2D eigenvalue weighted by atomic mass is 16.5. The fraction of sp³-hybridized carbons (Fsp3) is 0.200. The Labute approximate surface area is 225 Å². The first kappa shape index (κ1) is 27.3. The molecule has 3 aromatic rings. The Hall–Kier alpha value is -4.76. The molecule has 4 rings (SSSR count). The van der Waals surface area contributed by atoms with Gasteiger partial charge in [-0.3, -0.25) is 5.32 Å². The van der Waals surface area contributed by atoms with Gasteiger partial charge in [-0.25, -0.2) is 19.2 Å². The summed E-state index contributed by atoms with van der Waals surface area (Å²) in [5, 5.41) is 3.18. The van der Waals surface area contributed by atoms with Gasteiger partial charge in [-0.15, -0.1) is 0 Å². The zero-order valence-electron chi connectivity index (χ0n) is 21.6. The molecule has 1 N–H and O–H groups in total. The number of rotatable bonds is 8. The number of methoxy groups -OCH3 is 3. The molecule has 1 aliphatic heterocycles. The normalized spacial score (nSPS) is 18.3. The first-order chi connectivity index (χ1) is 18.8. The number of carbonyl (C=O) groups is 4. The summed E-state index contributed by atoms with van der Waals surface area (Å²) in [4.78, 5) is 52.0. The van der Waals surface area contributed by atoms with Gasteiger partial charge in [0.25, 0.3) is 0 Å². The van der Waals surface area contributed by atoms with E-state index in [1.165, 1.54) is 14.2 Å². The van der Waals surface area contributed by atoms with Crippen LogP contribution in [0.2, 0.25) is 0 Å². The minimum Gasteiger partial charge on any atom is -0.467 e. The van der Waals surface area contributed by atoms with E-state index in [1.807, 2.05) is 0 Å². The van der Waals surface area contributed by atoms with Gasteiger partial charge in [-0.2, -0.15) is 0 Å². The zero-order chi connectivity index (χ0) is 28.0. The maximum absolute atomic E-state index is 13.4. The summed E-state index contributed by atoms with van der Waals surface area (Å²) in [7, 11) is 3.55. The molecule has 200 valence electrons. The molecule has 3 aromatic carbocycles. The largest absolute Gasteiger partial charge is 0.467 e. The SMILES string of the molecule is COC(=O)C1=C(C(=O)OC)[C@@](Cc2ccc(OC(=O)c3ccccc3)cc2)(C(=O)OC)N[C@H]1c1ccccc1. The predicted octanol–water partition coefficient (Wildman–Crippen LogP) is 3.35. The maximum atomic E-state index is 13.4. The second-order valence-corrected chi connectivity index (χ2v) is 8.73. The second kappa shape index (κ2) is 11.7. The highest BCUT2D eigenvalue weighted by Crippen LogP contribution is 2.42. The summed E-state index contributed by atoms with van der Waals surface area (Å²) in [5.74, 6) is -2.68. The molecular weight excluding hydrogens is 502 g/mol. The van der Waals surface area contributed by atoms with Crippen LogP contribution in [0.1, 0.15) is 27.5 Å². The van der Waals surface area contributed by atoms with Gasteiger partial charge in [0.1, 0.15) is 5.75 Å².